The number of hydrogen-bond acceptors (Lipinski definition) is 7. The Bertz CT molecular complexity index is 1010. The van der Waals surface area contributed by atoms with Gasteiger partial charge in [-0.3, -0.25) is 9.59 Å². The Labute approximate surface area is 273 Å². The second-order valence-corrected chi connectivity index (χ2v) is 16.7. The average molecular weight is 634 g/mol. The van der Waals surface area contributed by atoms with Crippen LogP contribution in [0, 0.1) is 57.7 Å². The lowest BCUT2D eigenvalue weighted by Crippen LogP contribution is -2.66. The molecular formula is C37H67N3O5. The number of fused-ring (bicyclic) bond motifs is 5. The fourth-order valence-corrected chi connectivity index (χ4v) is 11.5. The Morgan fingerprint density at radius 3 is 2.31 bits per heavy atom. The zero-order chi connectivity index (χ0) is 33.2. The van der Waals surface area contributed by atoms with Gasteiger partial charge in [-0.05, 0) is 123 Å². The molecule has 0 aromatic rings. The first-order chi connectivity index (χ1) is 21.2. The Hall–Kier alpha value is -1.22. The van der Waals surface area contributed by atoms with Crippen molar-refractivity contribution in [3.8, 4) is 0 Å². The minimum Gasteiger partial charge on any atom is -0.462 e. The quantitative estimate of drug-likeness (QED) is 0.134. The summed E-state index contributed by atoms with van der Waals surface area (Å²) in [6.45, 7) is 18.3. The minimum atomic E-state index is -0.485. The Morgan fingerprint density at radius 1 is 0.933 bits per heavy atom. The zero-order valence-corrected chi connectivity index (χ0v) is 29.6. The number of carbonyl (C=O) groups is 2. The summed E-state index contributed by atoms with van der Waals surface area (Å²) in [4.78, 5) is 26.7. The maximum atomic E-state index is 14.1. The molecule has 0 aromatic carbocycles. The van der Waals surface area contributed by atoms with E-state index in [0.29, 0.717) is 31.3 Å². The molecule has 8 nitrogen and oxygen atoms in total. The number of rotatable bonds is 14. The zero-order valence-electron chi connectivity index (χ0n) is 29.6. The highest BCUT2D eigenvalue weighted by atomic mass is 16.5. The Kier molecular flexibility index (Phi) is 12.1. The number of aliphatic hydroxyl groups excluding tert-OH is 2. The summed E-state index contributed by atoms with van der Waals surface area (Å²) in [6, 6.07) is 0. The number of aliphatic hydroxyl groups is 2. The summed E-state index contributed by atoms with van der Waals surface area (Å²) >= 11 is 0. The summed E-state index contributed by atoms with van der Waals surface area (Å²) in [6.07, 6.45) is 8.56. The van der Waals surface area contributed by atoms with Crippen LogP contribution in [0.2, 0.25) is 0 Å². The van der Waals surface area contributed by atoms with Crippen molar-refractivity contribution in [2.75, 3.05) is 26.2 Å². The van der Waals surface area contributed by atoms with Crippen LogP contribution in [0.5, 0.6) is 0 Å². The number of hydrogen-bond donors (Lipinski definition) is 5. The summed E-state index contributed by atoms with van der Waals surface area (Å²) in [5.41, 5.74) is 5.20. The van der Waals surface area contributed by atoms with Gasteiger partial charge < -0.3 is 31.3 Å². The van der Waals surface area contributed by atoms with E-state index in [9.17, 15) is 19.8 Å². The highest BCUT2D eigenvalue weighted by Gasteiger charge is 2.72. The molecule has 4 rings (SSSR count). The lowest BCUT2D eigenvalue weighted by atomic mass is 9.36. The van der Waals surface area contributed by atoms with Gasteiger partial charge in [0.25, 0.3) is 0 Å². The molecule has 8 heteroatoms. The van der Waals surface area contributed by atoms with Gasteiger partial charge in [0.2, 0.25) is 5.91 Å². The first-order valence-electron chi connectivity index (χ1n) is 18.4. The van der Waals surface area contributed by atoms with E-state index in [-0.39, 0.29) is 69.9 Å². The van der Waals surface area contributed by atoms with Gasteiger partial charge in [0, 0.05) is 25.3 Å². The number of nitrogens with two attached hydrogens (primary N) is 1. The molecular weight excluding hydrogens is 566 g/mol. The van der Waals surface area contributed by atoms with Crippen LogP contribution in [0.4, 0.5) is 0 Å². The van der Waals surface area contributed by atoms with Gasteiger partial charge >= 0.3 is 5.97 Å². The Morgan fingerprint density at radius 2 is 1.64 bits per heavy atom. The van der Waals surface area contributed by atoms with Crippen molar-refractivity contribution >= 4 is 11.9 Å². The molecule has 4 aliphatic rings. The highest BCUT2D eigenvalue weighted by molar-refractivity contribution is 5.79. The standard InChI is InChI=1S/C37H67N3O5/c1-23(2)11-8-12-26(34(44)40-20-10-19-39-18-9-17-38)32-28-21-30(43)33-35(5)15-14-29(42)24(3)27(35)13-16-36(33,6)37(28,7)22-31(32)45-25(4)41/h23-24,26-33,39,42-43H,8-22,38H2,1-7H3,(H,40,44)/t24-,26-,27?,28?,29+,30+,31-,32-,33?,35-,36-,37-/m0/s1. The normalized spacial score (nSPS) is 41.6. The fraction of sp³-hybridized carbons (Fsp3) is 0.946. The van der Waals surface area contributed by atoms with E-state index >= 15 is 0 Å². The minimum absolute atomic E-state index is 0.0553. The van der Waals surface area contributed by atoms with Crippen LogP contribution < -0.4 is 16.4 Å². The van der Waals surface area contributed by atoms with Gasteiger partial charge in [-0.2, -0.15) is 0 Å². The van der Waals surface area contributed by atoms with E-state index < -0.39 is 6.10 Å². The van der Waals surface area contributed by atoms with Gasteiger partial charge in [0.1, 0.15) is 6.10 Å². The first-order valence-corrected chi connectivity index (χ1v) is 18.4. The van der Waals surface area contributed by atoms with E-state index in [1.807, 2.05) is 0 Å². The third kappa shape index (κ3) is 7.15. The second kappa shape index (κ2) is 14.9. The molecule has 4 saturated carbocycles. The van der Waals surface area contributed by atoms with Crippen LogP contribution >= 0.6 is 0 Å². The average Bonchev–Trinajstić information content (AvgIpc) is 3.23. The van der Waals surface area contributed by atoms with Crippen LogP contribution in [0.3, 0.4) is 0 Å². The third-order valence-electron chi connectivity index (χ3n) is 13.8. The summed E-state index contributed by atoms with van der Waals surface area (Å²) in [5.74, 6) is 0.734. The highest BCUT2D eigenvalue weighted by Crippen LogP contribution is 2.74. The van der Waals surface area contributed by atoms with Crippen LogP contribution in [-0.2, 0) is 14.3 Å². The van der Waals surface area contributed by atoms with Gasteiger partial charge in [-0.15, -0.1) is 0 Å². The molecule has 0 aromatic heterocycles. The van der Waals surface area contributed by atoms with Crippen LogP contribution in [0.1, 0.15) is 119 Å². The van der Waals surface area contributed by atoms with Gasteiger partial charge in [-0.1, -0.05) is 54.4 Å². The number of carbonyl (C=O) groups excluding carboxylic acids is 2. The van der Waals surface area contributed by atoms with Gasteiger partial charge in [-0.25, -0.2) is 0 Å². The first kappa shape index (κ1) is 36.6. The maximum absolute atomic E-state index is 14.1. The monoisotopic (exact) mass is 634 g/mol. The summed E-state index contributed by atoms with van der Waals surface area (Å²) in [5, 5.41) is 29.7. The number of nitrogens with one attached hydrogen (secondary N) is 2. The molecule has 6 N–H and O–H groups in total. The van der Waals surface area contributed by atoms with E-state index in [0.717, 1.165) is 77.3 Å². The van der Waals surface area contributed by atoms with Crippen LogP contribution in [0.15, 0.2) is 0 Å². The molecule has 3 unspecified atom stereocenters. The lowest BCUT2D eigenvalue weighted by Gasteiger charge is -2.69. The van der Waals surface area contributed by atoms with Crippen molar-refractivity contribution < 1.29 is 24.5 Å². The largest absolute Gasteiger partial charge is 0.462 e. The van der Waals surface area contributed by atoms with E-state index in [1.54, 1.807) is 0 Å². The third-order valence-corrected chi connectivity index (χ3v) is 13.8. The molecule has 0 aliphatic heterocycles. The Balaban J connectivity index is 1.64. The smallest absolute Gasteiger partial charge is 0.302 e. The van der Waals surface area contributed by atoms with Crippen molar-refractivity contribution in [2.24, 2.45) is 63.4 Å². The summed E-state index contributed by atoms with van der Waals surface area (Å²) < 4.78 is 6.19. The maximum Gasteiger partial charge on any atom is 0.302 e. The topological polar surface area (TPSA) is 134 Å². The predicted octanol–water partition coefficient (Wildman–Crippen LogP) is 5.04. The van der Waals surface area contributed by atoms with E-state index in [2.05, 4.69) is 52.2 Å². The summed E-state index contributed by atoms with van der Waals surface area (Å²) in [7, 11) is 0. The van der Waals surface area contributed by atoms with Crippen LogP contribution in [0.25, 0.3) is 0 Å². The molecule has 0 radical (unpaired) electrons. The van der Waals surface area contributed by atoms with Crippen molar-refractivity contribution in [3.63, 3.8) is 0 Å². The number of ether oxygens (including phenoxy) is 1. The van der Waals surface area contributed by atoms with Gasteiger partial charge in [0.15, 0.2) is 0 Å². The second-order valence-electron chi connectivity index (χ2n) is 16.7. The molecule has 260 valence electrons. The van der Waals surface area contributed by atoms with Gasteiger partial charge in [0.05, 0.1) is 12.2 Å². The van der Waals surface area contributed by atoms with Crippen LogP contribution in [-0.4, -0.2) is 66.6 Å². The molecule has 0 bridgehead atoms. The van der Waals surface area contributed by atoms with Crippen molar-refractivity contribution in [3.05, 3.63) is 0 Å². The van der Waals surface area contributed by atoms with Crippen molar-refractivity contribution in [1.29, 1.82) is 0 Å². The predicted molar refractivity (Wildman–Crippen MR) is 179 cm³/mol. The molecule has 1 amide bonds. The lowest BCUT2D eigenvalue weighted by molar-refractivity contribution is -0.239. The number of amides is 1. The molecule has 0 saturated heterocycles. The molecule has 4 fully saturated rings. The van der Waals surface area contributed by atoms with E-state index in [4.69, 9.17) is 10.5 Å². The molecule has 0 heterocycles. The van der Waals surface area contributed by atoms with Crippen molar-refractivity contribution in [1.82, 2.24) is 10.6 Å². The molecule has 45 heavy (non-hydrogen) atoms. The van der Waals surface area contributed by atoms with E-state index in [1.165, 1.54) is 6.92 Å². The molecule has 0 spiro atoms. The molecule has 12 atom stereocenters. The SMILES string of the molecule is CC(=O)O[C@H]1C[C@@]2(C)C(C[C@@H](O)C3[C@@]4(C)CC[C@@H](O)[C@@H](C)C4CC[C@@]32C)[C@@H]1[C@H](CCCC(C)C)C(=O)NCCCNCCCN. The van der Waals surface area contributed by atoms with Crippen molar-refractivity contribution in [2.45, 2.75) is 137 Å². The fourth-order valence-electron chi connectivity index (χ4n) is 11.5. The number of esters is 1. The molecule has 4 aliphatic carbocycles.